The molecule has 1 unspecified atom stereocenters. The molecule has 132 valence electrons. The molecule has 0 fully saturated rings. The molecule has 1 aromatic carbocycles. The van der Waals surface area contributed by atoms with Crippen LogP contribution in [0.1, 0.15) is 30.9 Å². The lowest BCUT2D eigenvalue weighted by atomic mass is 10.1. The Hall–Kier alpha value is -1.31. The first-order chi connectivity index (χ1) is 10.3. The summed E-state index contributed by atoms with van der Waals surface area (Å²) in [5.41, 5.74) is 7.09. The summed E-state index contributed by atoms with van der Waals surface area (Å²) in [6.45, 7) is 0.817. The highest BCUT2D eigenvalue weighted by molar-refractivity contribution is 5.85. The van der Waals surface area contributed by atoms with Crippen LogP contribution in [0.2, 0.25) is 0 Å². The van der Waals surface area contributed by atoms with Gasteiger partial charge >= 0.3 is 6.18 Å². The third-order valence-electron chi connectivity index (χ3n) is 2.93. The SMILES string of the molecule is CCCC(N)C(=O)NCc1cccc(COCC(F)(F)F)c1.Cl. The molecule has 1 aromatic rings. The number of rotatable bonds is 8. The maximum Gasteiger partial charge on any atom is 0.411 e. The van der Waals surface area contributed by atoms with Crippen molar-refractivity contribution in [2.75, 3.05) is 6.61 Å². The van der Waals surface area contributed by atoms with E-state index in [1.807, 2.05) is 6.92 Å². The first kappa shape index (κ1) is 21.7. The zero-order valence-electron chi connectivity index (χ0n) is 12.9. The number of nitrogens with one attached hydrogen (secondary N) is 1. The number of carbonyl (C=O) groups excluding carboxylic acids is 1. The number of amides is 1. The second kappa shape index (κ2) is 10.5. The number of carbonyl (C=O) groups is 1. The maximum atomic E-state index is 12.0. The Balaban J connectivity index is 0.00000484. The summed E-state index contributed by atoms with van der Waals surface area (Å²) in [6.07, 6.45) is -2.90. The van der Waals surface area contributed by atoms with E-state index in [4.69, 9.17) is 5.73 Å². The average Bonchev–Trinajstić information content (AvgIpc) is 2.44. The van der Waals surface area contributed by atoms with Gasteiger partial charge in [0.2, 0.25) is 5.91 Å². The van der Waals surface area contributed by atoms with Gasteiger partial charge in [0, 0.05) is 6.54 Å². The van der Waals surface area contributed by atoms with E-state index in [0.29, 0.717) is 12.0 Å². The van der Waals surface area contributed by atoms with E-state index in [-0.39, 0.29) is 31.5 Å². The van der Waals surface area contributed by atoms with Crippen molar-refractivity contribution < 1.29 is 22.7 Å². The zero-order chi connectivity index (χ0) is 16.6. The van der Waals surface area contributed by atoms with Gasteiger partial charge in [0.1, 0.15) is 6.61 Å². The zero-order valence-corrected chi connectivity index (χ0v) is 13.7. The van der Waals surface area contributed by atoms with Crippen LogP contribution in [0, 0.1) is 0 Å². The molecule has 0 aliphatic carbocycles. The molecule has 1 atom stereocenters. The molecule has 1 rings (SSSR count). The molecular weight excluding hydrogens is 333 g/mol. The summed E-state index contributed by atoms with van der Waals surface area (Å²) in [6, 6.07) is 6.31. The number of hydrogen-bond acceptors (Lipinski definition) is 3. The van der Waals surface area contributed by atoms with Gasteiger partial charge in [-0.05, 0) is 17.5 Å². The van der Waals surface area contributed by atoms with Crippen LogP contribution >= 0.6 is 12.4 Å². The molecule has 0 aliphatic rings. The van der Waals surface area contributed by atoms with Gasteiger partial charge in [-0.1, -0.05) is 37.6 Å². The summed E-state index contributed by atoms with van der Waals surface area (Å²) in [7, 11) is 0. The molecule has 3 N–H and O–H groups in total. The van der Waals surface area contributed by atoms with Crippen molar-refractivity contribution in [3.8, 4) is 0 Å². The van der Waals surface area contributed by atoms with Crippen molar-refractivity contribution in [2.45, 2.75) is 45.1 Å². The molecule has 0 bridgehead atoms. The number of alkyl halides is 3. The lowest BCUT2D eigenvalue weighted by Gasteiger charge is -2.12. The minimum absolute atomic E-state index is 0. The van der Waals surface area contributed by atoms with E-state index in [9.17, 15) is 18.0 Å². The molecule has 0 saturated heterocycles. The normalized spacial score (nSPS) is 12.4. The average molecular weight is 355 g/mol. The van der Waals surface area contributed by atoms with E-state index in [1.165, 1.54) is 0 Å². The summed E-state index contributed by atoms with van der Waals surface area (Å²) in [4.78, 5) is 11.7. The molecule has 0 spiro atoms. The molecule has 0 aromatic heterocycles. The predicted molar refractivity (Wildman–Crippen MR) is 84.1 cm³/mol. The molecule has 0 heterocycles. The quantitative estimate of drug-likeness (QED) is 0.754. The van der Waals surface area contributed by atoms with Crippen LogP contribution in [0.25, 0.3) is 0 Å². The molecule has 4 nitrogen and oxygen atoms in total. The van der Waals surface area contributed by atoms with Crippen LogP contribution in [-0.4, -0.2) is 24.7 Å². The standard InChI is InChI=1S/C15H21F3N2O2.ClH/c1-2-4-13(19)14(21)20-8-11-5-3-6-12(7-11)9-22-10-15(16,17)18;/h3,5-7,13H,2,4,8-10,19H2,1H3,(H,20,21);1H. The van der Waals surface area contributed by atoms with Crippen molar-refractivity contribution in [3.05, 3.63) is 35.4 Å². The van der Waals surface area contributed by atoms with Gasteiger partial charge in [-0.25, -0.2) is 0 Å². The van der Waals surface area contributed by atoms with Gasteiger partial charge in [0.15, 0.2) is 0 Å². The van der Waals surface area contributed by atoms with Crippen molar-refractivity contribution in [1.82, 2.24) is 5.32 Å². The van der Waals surface area contributed by atoms with Gasteiger partial charge in [-0.2, -0.15) is 13.2 Å². The van der Waals surface area contributed by atoms with Gasteiger partial charge in [0.25, 0.3) is 0 Å². The molecule has 0 radical (unpaired) electrons. The predicted octanol–water partition coefficient (Wildman–Crippen LogP) is 2.93. The van der Waals surface area contributed by atoms with Gasteiger partial charge in [-0.15, -0.1) is 12.4 Å². The van der Waals surface area contributed by atoms with Crippen LogP contribution in [0.3, 0.4) is 0 Å². The largest absolute Gasteiger partial charge is 0.411 e. The Morgan fingerprint density at radius 3 is 2.61 bits per heavy atom. The van der Waals surface area contributed by atoms with Crippen LogP contribution in [0.15, 0.2) is 24.3 Å². The highest BCUT2D eigenvalue weighted by Crippen LogP contribution is 2.16. The fourth-order valence-electron chi connectivity index (χ4n) is 1.88. The lowest BCUT2D eigenvalue weighted by molar-refractivity contribution is -0.176. The van der Waals surface area contributed by atoms with Crippen LogP contribution in [-0.2, 0) is 22.7 Å². The Morgan fingerprint density at radius 1 is 1.35 bits per heavy atom. The van der Waals surface area contributed by atoms with E-state index in [2.05, 4.69) is 10.1 Å². The molecule has 0 saturated carbocycles. The summed E-state index contributed by atoms with van der Waals surface area (Å²) < 4.78 is 40.6. The fourth-order valence-corrected chi connectivity index (χ4v) is 1.88. The number of nitrogens with two attached hydrogens (primary N) is 1. The Morgan fingerprint density at radius 2 is 2.00 bits per heavy atom. The van der Waals surface area contributed by atoms with E-state index >= 15 is 0 Å². The van der Waals surface area contributed by atoms with Gasteiger partial charge in [0.05, 0.1) is 12.6 Å². The first-order valence-electron chi connectivity index (χ1n) is 7.07. The smallest absolute Gasteiger partial charge is 0.367 e. The Labute approximate surface area is 140 Å². The highest BCUT2D eigenvalue weighted by atomic mass is 35.5. The summed E-state index contributed by atoms with van der Waals surface area (Å²) in [5, 5.41) is 2.71. The summed E-state index contributed by atoms with van der Waals surface area (Å²) in [5.74, 6) is -0.236. The third kappa shape index (κ3) is 9.43. The second-order valence-corrected chi connectivity index (χ2v) is 5.04. The minimum Gasteiger partial charge on any atom is -0.367 e. The molecular formula is C15H22ClF3N2O2. The van der Waals surface area contributed by atoms with E-state index < -0.39 is 18.8 Å². The highest BCUT2D eigenvalue weighted by Gasteiger charge is 2.27. The lowest BCUT2D eigenvalue weighted by Crippen LogP contribution is -2.40. The Bertz CT molecular complexity index is 484. The summed E-state index contributed by atoms with van der Waals surface area (Å²) >= 11 is 0. The molecule has 8 heteroatoms. The number of halogens is 4. The topological polar surface area (TPSA) is 64.4 Å². The fraction of sp³-hybridized carbons (Fsp3) is 0.533. The number of benzene rings is 1. The second-order valence-electron chi connectivity index (χ2n) is 5.04. The van der Waals surface area contributed by atoms with Crippen molar-refractivity contribution in [2.24, 2.45) is 5.73 Å². The number of hydrogen-bond donors (Lipinski definition) is 2. The third-order valence-corrected chi connectivity index (χ3v) is 2.93. The maximum absolute atomic E-state index is 12.0. The first-order valence-corrected chi connectivity index (χ1v) is 7.07. The molecule has 23 heavy (non-hydrogen) atoms. The van der Waals surface area contributed by atoms with E-state index in [0.717, 1.165) is 12.0 Å². The van der Waals surface area contributed by atoms with Crippen molar-refractivity contribution >= 4 is 18.3 Å². The Kier molecular flexibility index (Phi) is 9.87. The monoisotopic (exact) mass is 354 g/mol. The van der Waals surface area contributed by atoms with Crippen molar-refractivity contribution in [1.29, 1.82) is 0 Å². The van der Waals surface area contributed by atoms with Gasteiger partial charge in [-0.3, -0.25) is 4.79 Å². The number of ether oxygens (including phenoxy) is 1. The van der Waals surface area contributed by atoms with Crippen LogP contribution in [0.5, 0.6) is 0 Å². The van der Waals surface area contributed by atoms with Crippen molar-refractivity contribution in [3.63, 3.8) is 0 Å². The molecule has 1 amide bonds. The minimum atomic E-state index is -4.33. The van der Waals surface area contributed by atoms with Crippen LogP contribution < -0.4 is 11.1 Å². The van der Waals surface area contributed by atoms with Gasteiger partial charge < -0.3 is 15.8 Å². The molecule has 0 aliphatic heterocycles. The van der Waals surface area contributed by atoms with E-state index in [1.54, 1.807) is 24.3 Å². The van der Waals surface area contributed by atoms with Crippen LogP contribution in [0.4, 0.5) is 13.2 Å².